The van der Waals surface area contributed by atoms with E-state index >= 15 is 0 Å². The van der Waals surface area contributed by atoms with Gasteiger partial charge in [0.25, 0.3) is 5.91 Å². The van der Waals surface area contributed by atoms with E-state index in [-0.39, 0.29) is 5.91 Å². The van der Waals surface area contributed by atoms with E-state index in [9.17, 15) is 4.79 Å². The number of piperidine rings is 1. The Hall–Kier alpha value is -1.92. The van der Waals surface area contributed by atoms with Crippen LogP contribution < -0.4 is 0 Å². The van der Waals surface area contributed by atoms with Crippen LogP contribution in [-0.4, -0.2) is 70.7 Å². The first-order valence-corrected chi connectivity index (χ1v) is 9.65. The largest absolute Gasteiger partial charge is 0.379 e. The number of morpholine rings is 1. The minimum Gasteiger partial charge on any atom is -0.379 e. The minimum absolute atomic E-state index is 0.134. The van der Waals surface area contributed by atoms with E-state index in [1.54, 1.807) is 6.33 Å². The lowest BCUT2D eigenvalue weighted by Crippen LogP contribution is -2.49. The van der Waals surface area contributed by atoms with Crippen molar-refractivity contribution in [2.75, 3.05) is 39.4 Å². The predicted octanol–water partition coefficient (Wildman–Crippen LogP) is 2.15. The number of ether oxygens (including phenoxy) is 1. The molecular weight excluding hydrogens is 328 g/mol. The number of likely N-dealkylation sites (tertiary alicyclic amines) is 1. The Bertz CT molecular complexity index is 773. The Balaban J connectivity index is 1.38. The highest BCUT2D eigenvalue weighted by Crippen LogP contribution is 2.26. The van der Waals surface area contributed by atoms with Gasteiger partial charge in [-0.25, -0.2) is 4.98 Å². The molecule has 0 spiro atoms. The molecule has 1 aromatic heterocycles. The lowest BCUT2D eigenvalue weighted by Gasteiger charge is -2.41. The predicted molar refractivity (Wildman–Crippen MR) is 101 cm³/mol. The molecule has 1 atom stereocenters. The average Bonchev–Trinajstić information content (AvgIpc) is 3.08. The third kappa shape index (κ3) is 3.35. The number of nitrogens with zero attached hydrogens (tertiary/aromatic N) is 4. The van der Waals surface area contributed by atoms with Gasteiger partial charge >= 0.3 is 0 Å². The Morgan fingerprint density at radius 3 is 2.65 bits per heavy atom. The second kappa shape index (κ2) is 7.37. The van der Waals surface area contributed by atoms with Crippen molar-refractivity contribution in [1.82, 2.24) is 19.4 Å². The summed E-state index contributed by atoms with van der Waals surface area (Å²) >= 11 is 0. The van der Waals surface area contributed by atoms with Crippen LogP contribution in [0.15, 0.2) is 24.5 Å². The van der Waals surface area contributed by atoms with Crippen molar-refractivity contribution in [2.24, 2.45) is 13.0 Å². The zero-order chi connectivity index (χ0) is 18.1. The molecule has 3 heterocycles. The number of aryl methyl sites for hydroxylation is 1. The molecule has 2 saturated heterocycles. The van der Waals surface area contributed by atoms with Crippen molar-refractivity contribution in [1.29, 1.82) is 0 Å². The average molecular weight is 356 g/mol. The zero-order valence-electron chi connectivity index (χ0n) is 15.7. The summed E-state index contributed by atoms with van der Waals surface area (Å²) in [5, 5.41) is 0. The number of benzene rings is 1. The number of hydrogen-bond donors (Lipinski definition) is 0. The highest BCUT2D eigenvalue weighted by molar-refractivity contribution is 5.97. The summed E-state index contributed by atoms with van der Waals surface area (Å²) in [5.74, 6) is 0.797. The lowest BCUT2D eigenvalue weighted by molar-refractivity contribution is -0.000950. The van der Waals surface area contributed by atoms with Crippen molar-refractivity contribution in [3.05, 3.63) is 30.1 Å². The van der Waals surface area contributed by atoms with E-state index in [1.807, 2.05) is 34.7 Å². The number of fused-ring (bicyclic) bond motifs is 1. The molecule has 0 saturated carbocycles. The second-order valence-corrected chi connectivity index (χ2v) is 7.58. The van der Waals surface area contributed by atoms with Crippen molar-refractivity contribution in [3.8, 4) is 0 Å². The topological polar surface area (TPSA) is 50.6 Å². The number of imidazole rings is 1. The second-order valence-electron chi connectivity index (χ2n) is 7.58. The zero-order valence-corrected chi connectivity index (χ0v) is 15.7. The Kier molecular flexibility index (Phi) is 4.96. The van der Waals surface area contributed by atoms with Gasteiger partial charge < -0.3 is 14.2 Å². The molecule has 0 bridgehead atoms. The summed E-state index contributed by atoms with van der Waals surface area (Å²) < 4.78 is 7.44. The van der Waals surface area contributed by atoms with E-state index in [1.165, 1.54) is 0 Å². The molecule has 6 heteroatoms. The summed E-state index contributed by atoms with van der Waals surface area (Å²) in [6.07, 6.45) is 3.95. The highest BCUT2D eigenvalue weighted by Gasteiger charge is 2.30. The van der Waals surface area contributed by atoms with Crippen LogP contribution in [-0.2, 0) is 11.8 Å². The Morgan fingerprint density at radius 1 is 1.19 bits per heavy atom. The maximum atomic E-state index is 12.9. The molecule has 0 radical (unpaired) electrons. The number of rotatable bonds is 3. The Labute approximate surface area is 154 Å². The molecule has 0 aliphatic carbocycles. The van der Waals surface area contributed by atoms with Crippen LogP contribution in [0.5, 0.6) is 0 Å². The van der Waals surface area contributed by atoms with Crippen LogP contribution in [0.3, 0.4) is 0 Å². The van der Waals surface area contributed by atoms with Gasteiger partial charge in [0.2, 0.25) is 0 Å². The molecule has 0 N–H and O–H groups in total. The number of carbonyl (C=O) groups excluding carboxylic acids is 1. The third-order valence-corrected chi connectivity index (χ3v) is 6.10. The van der Waals surface area contributed by atoms with Gasteiger partial charge in [-0.05, 0) is 43.9 Å². The molecule has 140 valence electrons. The number of hydrogen-bond acceptors (Lipinski definition) is 4. The summed E-state index contributed by atoms with van der Waals surface area (Å²) in [6, 6.07) is 6.40. The first-order valence-electron chi connectivity index (χ1n) is 9.65. The standard InChI is InChI=1S/C20H28N4O2/c1-15(23-9-11-26-12-10-23)16-5-7-24(8-6-16)20(25)17-3-4-19-18(13-17)21-14-22(19)2/h3-4,13-16H,5-12H2,1-2H3/t15-/m0/s1. The SMILES string of the molecule is C[C@@H](C1CCN(C(=O)c2ccc3c(c2)ncn3C)CC1)N1CCOCC1. The molecule has 2 aliphatic rings. The van der Waals surface area contributed by atoms with Crippen molar-refractivity contribution in [2.45, 2.75) is 25.8 Å². The van der Waals surface area contributed by atoms with Crippen LogP contribution in [0.25, 0.3) is 11.0 Å². The summed E-state index contributed by atoms with van der Waals surface area (Å²) in [4.78, 5) is 21.8. The molecular formula is C20H28N4O2. The van der Waals surface area contributed by atoms with Crippen molar-refractivity contribution < 1.29 is 9.53 Å². The van der Waals surface area contributed by atoms with Gasteiger partial charge in [-0.1, -0.05) is 0 Å². The number of amides is 1. The summed E-state index contributed by atoms with van der Waals surface area (Å²) in [5.41, 5.74) is 2.68. The van der Waals surface area contributed by atoms with E-state index < -0.39 is 0 Å². The van der Waals surface area contributed by atoms with Crippen molar-refractivity contribution >= 4 is 16.9 Å². The molecule has 26 heavy (non-hydrogen) atoms. The van der Waals surface area contributed by atoms with Crippen molar-refractivity contribution in [3.63, 3.8) is 0 Å². The third-order valence-electron chi connectivity index (χ3n) is 6.10. The van der Waals surface area contributed by atoms with Crippen LogP contribution in [0.4, 0.5) is 0 Å². The molecule has 0 unspecified atom stereocenters. The monoisotopic (exact) mass is 356 g/mol. The van der Waals surface area contributed by atoms with Gasteiger partial charge in [0.1, 0.15) is 0 Å². The maximum absolute atomic E-state index is 12.9. The molecule has 2 fully saturated rings. The van der Waals surface area contributed by atoms with E-state index in [4.69, 9.17) is 4.74 Å². The van der Waals surface area contributed by atoms with Gasteiger partial charge in [-0.3, -0.25) is 9.69 Å². The van der Waals surface area contributed by atoms with E-state index in [0.29, 0.717) is 12.0 Å². The molecule has 4 rings (SSSR count). The van der Waals surface area contributed by atoms with E-state index in [2.05, 4.69) is 16.8 Å². The van der Waals surface area contributed by atoms with Crippen LogP contribution in [0, 0.1) is 5.92 Å². The molecule has 1 amide bonds. The van der Waals surface area contributed by atoms with Gasteiger partial charge in [0.05, 0.1) is 30.6 Å². The normalized spacial score (nSPS) is 21.2. The van der Waals surface area contributed by atoms with Crippen LogP contribution >= 0.6 is 0 Å². The number of aromatic nitrogens is 2. The van der Waals surface area contributed by atoms with Crippen LogP contribution in [0.1, 0.15) is 30.1 Å². The first-order chi connectivity index (χ1) is 12.6. The van der Waals surface area contributed by atoms with Gasteiger partial charge in [0, 0.05) is 44.8 Å². The van der Waals surface area contributed by atoms with Gasteiger partial charge in [-0.2, -0.15) is 0 Å². The fourth-order valence-electron chi connectivity index (χ4n) is 4.32. The van der Waals surface area contributed by atoms with E-state index in [0.717, 1.165) is 68.8 Å². The molecule has 6 nitrogen and oxygen atoms in total. The quantitative estimate of drug-likeness (QED) is 0.846. The van der Waals surface area contributed by atoms with Gasteiger partial charge in [0.15, 0.2) is 0 Å². The maximum Gasteiger partial charge on any atom is 0.253 e. The fourth-order valence-corrected chi connectivity index (χ4v) is 4.32. The summed E-state index contributed by atoms with van der Waals surface area (Å²) in [6.45, 7) is 7.78. The lowest BCUT2D eigenvalue weighted by atomic mass is 9.89. The summed E-state index contributed by atoms with van der Waals surface area (Å²) in [7, 11) is 1.97. The van der Waals surface area contributed by atoms with Crippen LogP contribution in [0.2, 0.25) is 0 Å². The Morgan fingerprint density at radius 2 is 1.92 bits per heavy atom. The first kappa shape index (κ1) is 17.5. The molecule has 2 aliphatic heterocycles. The highest BCUT2D eigenvalue weighted by atomic mass is 16.5. The molecule has 1 aromatic carbocycles. The smallest absolute Gasteiger partial charge is 0.253 e. The fraction of sp³-hybridized carbons (Fsp3) is 0.600. The van der Waals surface area contributed by atoms with Gasteiger partial charge in [-0.15, -0.1) is 0 Å². The number of carbonyl (C=O) groups is 1. The molecule has 2 aromatic rings. The minimum atomic E-state index is 0.134.